The molecule has 0 spiro atoms. The fourth-order valence-corrected chi connectivity index (χ4v) is 4.05. The zero-order valence-electron chi connectivity index (χ0n) is 15.5. The first-order valence-corrected chi connectivity index (χ1v) is 11.3. The van der Waals surface area contributed by atoms with Gasteiger partial charge in [0.15, 0.2) is 8.32 Å². The van der Waals surface area contributed by atoms with Crippen molar-refractivity contribution in [3.63, 3.8) is 0 Å². The van der Waals surface area contributed by atoms with Gasteiger partial charge in [0.1, 0.15) is 0 Å². The van der Waals surface area contributed by atoms with Crippen LogP contribution in [0.4, 0.5) is 0 Å². The van der Waals surface area contributed by atoms with E-state index in [0.29, 0.717) is 5.56 Å². The van der Waals surface area contributed by atoms with Gasteiger partial charge in [-0.25, -0.2) is 4.79 Å². The summed E-state index contributed by atoms with van der Waals surface area (Å²) in [4.78, 5) is 11.1. The highest BCUT2D eigenvalue weighted by atomic mass is 28.4. The molecule has 0 aliphatic heterocycles. The molecule has 0 saturated heterocycles. The highest BCUT2D eigenvalue weighted by Crippen LogP contribution is 2.37. The highest BCUT2D eigenvalue weighted by molar-refractivity contribution is 6.74. The molecule has 3 nitrogen and oxygen atoms in total. The van der Waals surface area contributed by atoms with Crippen LogP contribution in [0.1, 0.15) is 43.6 Å². The van der Waals surface area contributed by atoms with Crippen molar-refractivity contribution < 1.29 is 14.3 Å². The van der Waals surface area contributed by atoms with Crippen LogP contribution < -0.4 is 0 Å². The van der Waals surface area contributed by atoms with Crippen LogP contribution in [-0.2, 0) is 10.8 Å². The lowest BCUT2D eigenvalue weighted by molar-refractivity contribution is 0.0697. The van der Waals surface area contributed by atoms with Crippen molar-refractivity contribution in [2.45, 2.75) is 58.4 Å². The van der Waals surface area contributed by atoms with Gasteiger partial charge in [-0.2, -0.15) is 0 Å². The molecule has 2 aromatic rings. The minimum Gasteiger partial charge on any atom is -0.478 e. The van der Waals surface area contributed by atoms with E-state index in [1.807, 2.05) is 12.1 Å². The third-order valence-electron chi connectivity index (χ3n) is 4.98. The average Bonchev–Trinajstić information content (AvgIpc) is 2.44. The molecular formula is C20H28O3Si. The number of carboxylic acids is 1. The summed E-state index contributed by atoms with van der Waals surface area (Å²) in [6, 6.07) is 11.4. The summed E-state index contributed by atoms with van der Waals surface area (Å²) in [6.07, 6.45) is 1.03. The average molecular weight is 345 g/mol. The van der Waals surface area contributed by atoms with Gasteiger partial charge in [-0.3, -0.25) is 0 Å². The van der Waals surface area contributed by atoms with Crippen molar-refractivity contribution in [3.8, 4) is 0 Å². The molecule has 0 heterocycles. The number of aromatic carboxylic acids is 1. The van der Waals surface area contributed by atoms with Gasteiger partial charge in [-0.1, -0.05) is 45.0 Å². The van der Waals surface area contributed by atoms with Crippen molar-refractivity contribution in [2.75, 3.05) is 0 Å². The predicted octanol–water partition coefficient (Wildman–Crippen LogP) is 5.49. The molecule has 24 heavy (non-hydrogen) atoms. The zero-order valence-corrected chi connectivity index (χ0v) is 16.5. The Kier molecular flexibility index (Phi) is 5.21. The van der Waals surface area contributed by atoms with Gasteiger partial charge in [0.25, 0.3) is 0 Å². The second-order valence-corrected chi connectivity index (χ2v) is 12.9. The second kappa shape index (κ2) is 6.69. The Hall–Kier alpha value is -1.65. The normalized spacial score (nSPS) is 13.9. The second-order valence-electron chi connectivity index (χ2n) is 8.09. The molecular weight excluding hydrogens is 316 g/mol. The van der Waals surface area contributed by atoms with E-state index in [1.54, 1.807) is 12.1 Å². The number of rotatable bonds is 5. The Labute approximate surface area is 145 Å². The number of benzene rings is 2. The zero-order chi connectivity index (χ0) is 18.1. The number of fused-ring (bicyclic) bond motifs is 1. The number of hydrogen-bond acceptors (Lipinski definition) is 2. The van der Waals surface area contributed by atoms with Gasteiger partial charge in [0.05, 0.1) is 5.56 Å². The van der Waals surface area contributed by atoms with E-state index >= 15 is 0 Å². The molecule has 0 aliphatic carbocycles. The molecule has 130 valence electrons. The molecule has 0 aliphatic rings. The summed E-state index contributed by atoms with van der Waals surface area (Å²) in [6.45, 7) is 13.4. The summed E-state index contributed by atoms with van der Waals surface area (Å²) in [7, 11) is -1.76. The van der Waals surface area contributed by atoms with Crippen molar-refractivity contribution in [3.05, 3.63) is 47.5 Å². The van der Waals surface area contributed by atoms with Gasteiger partial charge < -0.3 is 9.53 Å². The first kappa shape index (κ1) is 18.7. The molecule has 0 bridgehead atoms. The predicted molar refractivity (Wildman–Crippen MR) is 102 cm³/mol. The number of carbonyl (C=O) groups is 1. The van der Waals surface area contributed by atoms with Crippen LogP contribution in [-0.4, -0.2) is 25.5 Å². The van der Waals surface area contributed by atoms with Crippen molar-refractivity contribution in [1.29, 1.82) is 0 Å². The molecule has 1 unspecified atom stereocenters. The fourth-order valence-electron chi connectivity index (χ4n) is 2.61. The summed E-state index contributed by atoms with van der Waals surface area (Å²) >= 11 is 0. The molecule has 0 aromatic heterocycles. The molecule has 2 aromatic carbocycles. The maximum atomic E-state index is 11.1. The lowest BCUT2D eigenvalue weighted by atomic mass is 10.0. The van der Waals surface area contributed by atoms with E-state index < -0.39 is 14.3 Å². The molecule has 0 fully saturated rings. The van der Waals surface area contributed by atoms with Gasteiger partial charge in [0, 0.05) is 6.10 Å². The molecule has 0 saturated carbocycles. The van der Waals surface area contributed by atoms with E-state index in [2.05, 4.69) is 52.9 Å². The summed E-state index contributed by atoms with van der Waals surface area (Å²) in [5, 5.41) is 11.3. The molecule has 0 radical (unpaired) electrons. The first-order chi connectivity index (χ1) is 11.0. The summed E-state index contributed by atoms with van der Waals surface area (Å²) in [5.74, 6) is -0.891. The van der Waals surface area contributed by atoms with Gasteiger partial charge in [-0.15, -0.1) is 0 Å². The van der Waals surface area contributed by atoms with Crippen molar-refractivity contribution in [1.82, 2.24) is 0 Å². The van der Waals surface area contributed by atoms with E-state index in [4.69, 9.17) is 9.53 Å². The summed E-state index contributed by atoms with van der Waals surface area (Å²) < 4.78 is 6.43. The van der Waals surface area contributed by atoms with Gasteiger partial charge in [-0.05, 0) is 59.9 Å². The largest absolute Gasteiger partial charge is 0.478 e. The third kappa shape index (κ3) is 4.25. The Balaban J connectivity index is 2.15. The van der Waals surface area contributed by atoms with E-state index in [9.17, 15) is 4.79 Å². The highest BCUT2D eigenvalue weighted by Gasteiger charge is 2.38. The number of hydrogen-bond donors (Lipinski definition) is 1. The maximum Gasteiger partial charge on any atom is 0.335 e. The van der Waals surface area contributed by atoms with E-state index in [-0.39, 0.29) is 11.1 Å². The smallest absolute Gasteiger partial charge is 0.335 e. The minimum absolute atomic E-state index is 0.168. The van der Waals surface area contributed by atoms with E-state index in [0.717, 1.165) is 17.2 Å². The van der Waals surface area contributed by atoms with Crippen LogP contribution in [0.25, 0.3) is 10.8 Å². The maximum absolute atomic E-state index is 11.1. The molecule has 2 rings (SSSR count). The fraction of sp³-hybridized carbons (Fsp3) is 0.450. The number of carboxylic acid groups (broad SMARTS) is 1. The molecule has 4 heteroatoms. The quantitative estimate of drug-likeness (QED) is 0.729. The van der Waals surface area contributed by atoms with Crippen LogP contribution in [0, 0.1) is 0 Å². The van der Waals surface area contributed by atoms with Crippen LogP contribution in [0.3, 0.4) is 0 Å². The van der Waals surface area contributed by atoms with Crippen molar-refractivity contribution >= 4 is 25.1 Å². The Morgan fingerprint density at radius 2 is 1.71 bits per heavy atom. The lowest BCUT2D eigenvalue weighted by Crippen LogP contribution is -2.43. The SMILES string of the molecule is CC(Cc1ccc2cc(C(=O)O)ccc2c1)O[Si](C)(C)C(C)(C)C. The topological polar surface area (TPSA) is 46.5 Å². The van der Waals surface area contributed by atoms with Gasteiger partial charge >= 0.3 is 5.97 Å². The van der Waals surface area contributed by atoms with Crippen molar-refractivity contribution in [2.24, 2.45) is 0 Å². The monoisotopic (exact) mass is 344 g/mol. The van der Waals surface area contributed by atoms with Crippen LogP contribution in [0.15, 0.2) is 36.4 Å². The minimum atomic E-state index is -1.76. The first-order valence-electron chi connectivity index (χ1n) is 8.43. The molecule has 0 amide bonds. The van der Waals surface area contributed by atoms with Gasteiger partial charge in [0.2, 0.25) is 0 Å². The van der Waals surface area contributed by atoms with E-state index in [1.165, 1.54) is 5.56 Å². The Morgan fingerprint density at radius 1 is 1.12 bits per heavy atom. The standard InChI is InChI=1S/C20H28O3Si/c1-14(23-24(5,6)20(2,3)4)11-15-7-8-17-13-18(19(21)22)10-9-16(17)12-15/h7-10,12-14H,11H2,1-6H3,(H,21,22). The Bertz CT molecular complexity index is 744. The van der Waals surface area contributed by atoms with Crippen LogP contribution in [0.5, 0.6) is 0 Å². The third-order valence-corrected chi connectivity index (χ3v) is 9.58. The summed E-state index contributed by atoms with van der Waals surface area (Å²) in [5.41, 5.74) is 1.54. The lowest BCUT2D eigenvalue weighted by Gasteiger charge is -2.38. The molecule has 1 N–H and O–H groups in total. The van der Waals surface area contributed by atoms with Crippen LogP contribution in [0.2, 0.25) is 18.1 Å². The molecule has 1 atom stereocenters. The van der Waals surface area contributed by atoms with Crippen LogP contribution >= 0.6 is 0 Å². The Morgan fingerprint density at radius 3 is 2.29 bits per heavy atom.